The lowest BCUT2D eigenvalue weighted by Gasteiger charge is -2.11. The molecule has 0 spiro atoms. The van der Waals surface area contributed by atoms with Gasteiger partial charge in [0.05, 0.1) is 11.9 Å². The zero-order valence-electron chi connectivity index (χ0n) is 10.1. The van der Waals surface area contributed by atoms with Gasteiger partial charge in [-0.1, -0.05) is 0 Å². The molecule has 0 unspecified atom stereocenters. The monoisotopic (exact) mass is 266 g/mol. The van der Waals surface area contributed by atoms with Crippen molar-refractivity contribution in [3.63, 3.8) is 0 Å². The van der Waals surface area contributed by atoms with Gasteiger partial charge in [0.1, 0.15) is 10.7 Å². The maximum atomic E-state index is 12.1. The van der Waals surface area contributed by atoms with Crippen LogP contribution in [0.3, 0.4) is 0 Å². The van der Waals surface area contributed by atoms with Gasteiger partial charge in [-0.3, -0.25) is 9.82 Å². The van der Waals surface area contributed by atoms with Crippen LogP contribution in [0.25, 0.3) is 0 Å². The van der Waals surface area contributed by atoms with E-state index in [1.54, 1.807) is 12.1 Å². The lowest BCUT2D eigenvalue weighted by Crippen LogP contribution is -2.15. The summed E-state index contributed by atoms with van der Waals surface area (Å²) < 4.78 is 26.7. The quantitative estimate of drug-likeness (QED) is 0.731. The molecule has 0 aliphatic heterocycles. The van der Waals surface area contributed by atoms with E-state index in [9.17, 15) is 8.42 Å². The van der Waals surface area contributed by atoms with E-state index in [2.05, 4.69) is 14.9 Å². The fourth-order valence-corrected chi connectivity index (χ4v) is 2.77. The van der Waals surface area contributed by atoms with Crippen molar-refractivity contribution in [3.8, 4) is 0 Å². The van der Waals surface area contributed by atoms with Crippen LogP contribution >= 0.6 is 0 Å². The number of sulfonamides is 1. The van der Waals surface area contributed by atoms with E-state index in [1.807, 2.05) is 13.8 Å². The highest BCUT2D eigenvalue weighted by atomic mass is 32.2. The van der Waals surface area contributed by atoms with Crippen LogP contribution in [0, 0.1) is 13.8 Å². The molecule has 4 N–H and O–H groups in total. The Morgan fingerprint density at radius 1 is 1.28 bits per heavy atom. The van der Waals surface area contributed by atoms with Crippen LogP contribution in [-0.2, 0) is 10.0 Å². The summed E-state index contributed by atoms with van der Waals surface area (Å²) in [4.78, 5) is 0.0696. The van der Waals surface area contributed by atoms with Gasteiger partial charge in [-0.05, 0) is 37.1 Å². The predicted molar refractivity (Wildman–Crippen MR) is 69.7 cm³/mol. The second-order valence-electron chi connectivity index (χ2n) is 4.05. The number of hydrogen-bond acceptors (Lipinski definition) is 4. The third kappa shape index (κ3) is 2.30. The highest BCUT2D eigenvalue weighted by molar-refractivity contribution is 7.92. The second-order valence-corrected chi connectivity index (χ2v) is 5.70. The van der Waals surface area contributed by atoms with Gasteiger partial charge in [-0.2, -0.15) is 5.10 Å². The minimum Gasteiger partial charge on any atom is -0.398 e. The van der Waals surface area contributed by atoms with Crippen molar-refractivity contribution < 1.29 is 8.42 Å². The Morgan fingerprint density at radius 2 is 1.94 bits per heavy atom. The first-order valence-electron chi connectivity index (χ1n) is 5.29. The number of rotatable bonds is 3. The maximum absolute atomic E-state index is 12.1. The number of nitrogens with two attached hydrogens (primary N) is 1. The summed E-state index contributed by atoms with van der Waals surface area (Å²) in [5.74, 6) is 0.299. The topological polar surface area (TPSA) is 101 Å². The summed E-state index contributed by atoms with van der Waals surface area (Å²) >= 11 is 0. The Hall–Kier alpha value is -2.02. The van der Waals surface area contributed by atoms with Crippen molar-refractivity contribution in [3.05, 3.63) is 35.5 Å². The fraction of sp³-hybridized carbons (Fsp3) is 0.182. The molecule has 96 valence electrons. The van der Waals surface area contributed by atoms with E-state index < -0.39 is 10.0 Å². The first-order chi connectivity index (χ1) is 8.40. The minimum atomic E-state index is -3.70. The van der Waals surface area contributed by atoms with Crippen LogP contribution in [0.15, 0.2) is 29.3 Å². The molecule has 0 aliphatic rings. The summed E-state index contributed by atoms with van der Waals surface area (Å²) in [6.07, 6.45) is 1.46. The van der Waals surface area contributed by atoms with Gasteiger partial charge in [-0.25, -0.2) is 8.42 Å². The van der Waals surface area contributed by atoms with Gasteiger partial charge in [-0.15, -0.1) is 0 Å². The van der Waals surface area contributed by atoms with Crippen molar-refractivity contribution in [2.45, 2.75) is 18.7 Å². The van der Waals surface area contributed by atoms with Gasteiger partial charge >= 0.3 is 0 Å². The molecule has 0 amide bonds. The molecular weight excluding hydrogens is 252 g/mol. The molecule has 0 bridgehead atoms. The smallest absolute Gasteiger partial charge is 0.265 e. The van der Waals surface area contributed by atoms with Crippen molar-refractivity contribution in [1.29, 1.82) is 0 Å². The van der Waals surface area contributed by atoms with Crippen LogP contribution in [-0.4, -0.2) is 18.6 Å². The number of nitrogens with zero attached hydrogens (tertiary/aromatic N) is 1. The van der Waals surface area contributed by atoms with Crippen LogP contribution < -0.4 is 10.5 Å². The van der Waals surface area contributed by atoms with Crippen molar-refractivity contribution in [2.24, 2.45) is 0 Å². The number of nitrogen functional groups attached to an aromatic ring is 1. The average Bonchev–Trinajstić information content (AvgIpc) is 2.75. The molecule has 0 fully saturated rings. The van der Waals surface area contributed by atoms with Crippen LogP contribution in [0.4, 0.5) is 11.5 Å². The molecule has 2 rings (SSSR count). The lowest BCUT2D eigenvalue weighted by molar-refractivity contribution is 0.601. The molecule has 1 aromatic carbocycles. The van der Waals surface area contributed by atoms with E-state index in [0.29, 0.717) is 5.82 Å². The van der Waals surface area contributed by atoms with Crippen molar-refractivity contribution in [2.75, 3.05) is 10.5 Å². The Morgan fingerprint density at radius 3 is 2.56 bits per heavy atom. The van der Waals surface area contributed by atoms with Crippen LogP contribution in [0.1, 0.15) is 11.1 Å². The fourth-order valence-electron chi connectivity index (χ4n) is 1.56. The first kappa shape index (κ1) is 12.4. The normalized spacial score (nSPS) is 11.4. The van der Waals surface area contributed by atoms with E-state index in [4.69, 9.17) is 5.73 Å². The van der Waals surface area contributed by atoms with Crippen LogP contribution in [0.5, 0.6) is 0 Å². The van der Waals surface area contributed by atoms with Gasteiger partial charge < -0.3 is 5.73 Å². The minimum absolute atomic E-state index is 0.0696. The lowest BCUT2D eigenvalue weighted by atomic mass is 10.1. The van der Waals surface area contributed by atoms with Gasteiger partial charge in [0, 0.05) is 6.07 Å². The van der Waals surface area contributed by atoms with E-state index in [0.717, 1.165) is 11.1 Å². The van der Waals surface area contributed by atoms with E-state index >= 15 is 0 Å². The highest BCUT2D eigenvalue weighted by Crippen LogP contribution is 2.24. The van der Waals surface area contributed by atoms with Gasteiger partial charge in [0.15, 0.2) is 0 Å². The van der Waals surface area contributed by atoms with E-state index in [-0.39, 0.29) is 10.6 Å². The summed E-state index contributed by atoms with van der Waals surface area (Å²) in [5, 5.41) is 6.20. The third-order valence-electron chi connectivity index (χ3n) is 2.66. The average molecular weight is 266 g/mol. The number of H-pyrrole nitrogens is 1. The molecule has 0 saturated carbocycles. The zero-order valence-corrected chi connectivity index (χ0v) is 10.9. The molecule has 0 saturated heterocycles. The SMILES string of the molecule is Cc1cc(N)c(S(=O)(=O)Nc2ccn[nH]2)cc1C. The number of aryl methyl sites for hydroxylation is 2. The highest BCUT2D eigenvalue weighted by Gasteiger charge is 2.19. The number of hydrogen-bond donors (Lipinski definition) is 3. The molecule has 1 aromatic heterocycles. The molecule has 18 heavy (non-hydrogen) atoms. The molecule has 0 aliphatic carbocycles. The molecule has 0 radical (unpaired) electrons. The third-order valence-corrected chi connectivity index (χ3v) is 4.08. The zero-order chi connectivity index (χ0) is 13.3. The number of aromatic nitrogens is 2. The Bertz CT molecular complexity index is 663. The molecule has 2 aromatic rings. The van der Waals surface area contributed by atoms with Gasteiger partial charge in [0.25, 0.3) is 10.0 Å². The second kappa shape index (κ2) is 4.34. The summed E-state index contributed by atoms with van der Waals surface area (Å²) in [7, 11) is -3.70. The van der Waals surface area contributed by atoms with Crippen LogP contribution in [0.2, 0.25) is 0 Å². The maximum Gasteiger partial charge on any atom is 0.265 e. The number of benzene rings is 1. The Kier molecular flexibility index (Phi) is 3.00. The largest absolute Gasteiger partial charge is 0.398 e. The first-order valence-corrected chi connectivity index (χ1v) is 6.77. The summed E-state index contributed by atoms with van der Waals surface area (Å²) in [5.41, 5.74) is 7.81. The Balaban J connectivity index is 2.44. The van der Waals surface area contributed by atoms with Gasteiger partial charge in [0.2, 0.25) is 0 Å². The molecule has 0 atom stereocenters. The Labute approximate surface area is 105 Å². The standard InChI is InChI=1S/C11H14N4O2S/c1-7-5-9(12)10(6-8(7)2)18(16,17)15-11-3-4-13-14-11/h3-6H,12H2,1-2H3,(H2,13,14,15). The molecule has 1 heterocycles. The molecular formula is C11H14N4O2S. The van der Waals surface area contributed by atoms with E-state index in [1.165, 1.54) is 12.3 Å². The number of aromatic amines is 1. The summed E-state index contributed by atoms with van der Waals surface area (Å²) in [6.45, 7) is 3.72. The predicted octanol–water partition coefficient (Wildman–Crippen LogP) is 1.41. The molecule has 7 heteroatoms. The molecule has 6 nitrogen and oxygen atoms in total. The van der Waals surface area contributed by atoms with Crippen molar-refractivity contribution >= 4 is 21.5 Å². The number of nitrogens with one attached hydrogen (secondary N) is 2. The number of anilines is 2. The summed E-state index contributed by atoms with van der Waals surface area (Å²) in [6, 6.07) is 4.73. The van der Waals surface area contributed by atoms with Crippen molar-refractivity contribution in [1.82, 2.24) is 10.2 Å².